The number of carbonyl (C=O) groups excluding carboxylic acids is 1. The van der Waals surface area contributed by atoms with Gasteiger partial charge in [-0.2, -0.15) is 0 Å². The van der Waals surface area contributed by atoms with Crippen molar-refractivity contribution in [2.75, 3.05) is 6.54 Å². The first-order chi connectivity index (χ1) is 10.3. The first kappa shape index (κ1) is 14.4. The lowest BCUT2D eigenvalue weighted by Gasteiger charge is -2.33. The molecule has 3 heteroatoms. The highest BCUT2D eigenvalue weighted by molar-refractivity contribution is 5.75. The first-order valence-electron chi connectivity index (χ1n) is 8.41. The van der Waals surface area contributed by atoms with Crippen molar-refractivity contribution in [2.45, 2.75) is 63.5 Å². The van der Waals surface area contributed by atoms with E-state index in [2.05, 4.69) is 41.4 Å². The van der Waals surface area contributed by atoms with Gasteiger partial charge in [0.2, 0.25) is 0 Å². The van der Waals surface area contributed by atoms with Crippen LogP contribution in [0.25, 0.3) is 0 Å². The van der Waals surface area contributed by atoms with E-state index in [0.29, 0.717) is 18.0 Å². The Morgan fingerprint density at radius 2 is 1.90 bits per heavy atom. The maximum Gasteiger partial charge on any atom is 0.317 e. The molecule has 1 aromatic carbocycles. The zero-order valence-corrected chi connectivity index (χ0v) is 12.9. The van der Waals surface area contributed by atoms with Gasteiger partial charge in [0.1, 0.15) is 0 Å². The molecule has 1 aromatic rings. The fraction of sp³-hybridized carbons (Fsp3) is 0.611. The Morgan fingerprint density at radius 1 is 1.19 bits per heavy atom. The minimum Gasteiger partial charge on any atom is -0.335 e. The zero-order chi connectivity index (χ0) is 14.7. The van der Waals surface area contributed by atoms with Crippen LogP contribution < -0.4 is 5.32 Å². The number of hydrogen-bond acceptors (Lipinski definition) is 1. The number of hydrogen-bond donors (Lipinski definition) is 1. The van der Waals surface area contributed by atoms with Crippen LogP contribution in [0, 0.1) is 0 Å². The van der Waals surface area contributed by atoms with Gasteiger partial charge in [0.25, 0.3) is 0 Å². The molecule has 0 heterocycles. The predicted molar refractivity (Wildman–Crippen MR) is 85.4 cm³/mol. The summed E-state index contributed by atoms with van der Waals surface area (Å²) >= 11 is 0. The third-order valence-corrected chi connectivity index (χ3v) is 4.94. The van der Waals surface area contributed by atoms with Crippen molar-refractivity contribution in [3.8, 4) is 0 Å². The fourth-order valence-electron chi connectivity index (χ4n) is 3.63. The lowest BCUT2D eigenvalue weighted by atomic mass is 9.94. The molecule has 2 aliphatic carbocycles. The molecule has 3 rings (SSSR count). The summed E-state index contributed by atoms with van der Waals surface area (Å²) in [6, 6.07) is 11.5. The van der Waals surface area contributed by atoms with E-state index in [0.717, 1.165) is 13.0 Å². The summed E-state index contributed by atoms with van der Waals surface area (Å²) in [5.74, 6) is 0.514. The van der Waals surface area contributed by atoms with E-state index in [-0.39, 0.29) is 6.03 Å². The Bertz CT molecular complexity index is 467. The molecule has 3 nitrogen and oxygen atoms in total. The minimum atomic E-state index is 0.146. The number of carbonyl (C=O) groups is 1. The molecule has 2 aliphatic rings. The van der Waals surface area contributed by atoms with Crippen LogP contribution in [0.5, 0.6) is 0 Å². The number of amides is 2. The number of benzene rings is 1. The SMILES string of the molecule is CCN(C(=O)N[C@@H]1C[C@H]1c1ccccc1)C1CCCCC1. The van der Waals surface area contributed by atoms with Crippen LogP contribution in [0.1, 0.15) is 56.9 Å². The van der Waals surface area contributed by atoms with Gasteiger partial charge in [-0.05, 0) is 31.7 Å². The van der Waals surface area contributed by atoms with Crippen LogP contribution in [-0.2, 0) is 0 Å². The van der Waals surface area contributed by atoms with Crippen LogP contribution in [-0.4, -0.2) is 29.6 Å². The second-order valence-corrected chi connectivity index (χ2v) is 6.39. The van der Waals surface area contributed by atoms with Crippen LogP contribution in [0.4, 0.5) is 4.79 Å². The summed E-state index contributed by atoms with van der Waals surface area (Å²) in [5, 5.41) is 3.24. The van der Waals surface area contributed by atoms with E-state index in [9.17, 15) is 4.79 Å². The van der Waals surface area contributed by atoms with E-state index in [1.165, 1.54) is 37.7 Å². The average molecular weight is 286 g/mol. The normalized spacial score (nSPS) is 25.4. The van der Waals surface area contributed by atoms with Crippen LogP contribution in [0.3, 0.4) is 0 Å². The molecule has 0 aliphatic heterocycles. The topological polar surface area (TPSA) is 32.3 Å². The molecule has 0 bridgehead atoms. The molecule has 0 saturated heterocycles. The van der Waals surface area contributed by atoms with Crippen molar-refractivity contribution in [1.29, 1.82) is 0 Å². The Labute approximate surface area is 127 Å². The van der Waals surface area contributed by atoms with Gasteiger partial charge >= 0.3 is 6.03 Å². The van der Waals surface area contributed by atoms with Crippen molar-refractivity contribution >= 4 is 6.03 Å². The van der Waals surface area contributed by atoms with Gasteiger partial charge in [-0.15, -0.1) is 0 Å². The van der Waals surface area contributed by atoms with E-state index >= 15 is 0 Å². The Morgan fingerprint density at radius 3 is 2.57 bits per heavy atom. The molecule has 0 aromatic heterocycles. The van der Waals surface area contributed by atoms with Gasteiger partial charge in [0.05, 0.1) is 0 Å². The Balaban J connectivity index is 1.54. The monoisotopic (exact) mass is 286 g/mol. The molecule has 21 heavy (non-hydrogen) atoms. The molecule has 2 saturated carbocycles. The molecular formula is C18H26N2O. The quantitative estimate of drug-likeness (QED) is 0.894. The van der Waals surface area contributed by atoms with Crippen LogP contribution in [0.15, 0.2) is 30.3 Å². The average Bonchev–Trinajstić information content (AvgIpc) is 3.29. The highest BCUT2D eigenvalue weighted by Crippen LogP contribution is 2.40. The third-order valence-electron chi connectivity index (χ3n) is 4.94. The molecule has 0 unspecified atom stereocenters. The van der Waals surface area contributed by atoms with E-state index in [1.54, 1.807) is 0 Å². The smallest absolute Gasteiger partial charge is 0.317 e. The largest absolute Gasteiger partial charge is 0.335 e. The summed E-state index contributed by atoms with van der Waals surface area (Å²) in [6.07, 6.45) is 7.30. The number of nitrogens with one attached hydrogen (secondary N) is 1. The lowest BCUT2D eigenvalue weighted by Crippen LogP contribution is -2.47. The Kier molecular flexibility index (Phi) is 4.47. The summed E-state index contributed by atoms with van der Waals surface area (Å²) in [5.41, 5.74) is 1.35. The fourth-order valence-corrected chi connectivity index (χ4v) is 3.63. The van der Waals surface area contributed by atoms with Crippen molar-refractivity contribution in [2.24, 2.45) is 0 Å². The van der Waals surface area contributed by atoms with E-state index in [1.807, 2.05) is 6.07 Å². The first-order valence-corrected chi connectivity index (χ1v) is 8.41. The van der Waals surface area contributed by atoms with Gasteiger partial charge in [-0.25, -0.2) is 4.79 Å². The standard InChI is InChI=1S/C18H26N2O/c1-2-20(15-11-7-4-8-12-15)18(21)19-17-13-16(17)14-9-5-3-6-10-14/h3,5-6,9-10,15-17H,2,4,7-8,11-13H2,1H3,(H,19,21)/t16-,17+/m0/s1. The number of urea groups is 1. The highest BCUT2D eigenvalue weighted by atomic mass is 16.2. The lowest BCUT2D eigenvalue weighted by molar-refractivity contribution is 0.159. The van der Waals surface area contributed by atoms with E-state index in [4.69, 9.17) is 0 Å². The second-order valence-electron chi connectivity index (χ2n) is 6.39. The maximum atomic E-state index is 12.5. The third kappa shape index (κ3) is 3.39. The molecule has 114 valence electrons. The van der Waals surface area contributed by atoms with E-state index < -0.39 is 0 Å². The Hall–Kier alpha value is -1.51. The van der Waals surface area contributed by atoms with Gasteiger partial charge < -0.3 is 10.2 Å². The van der Waals surface area contributed by atoms with Gasteiger partial charge in [0.15, 0.2) is 0 Å². The van der Waals surface area contributed by atoms with Crippen molar-refractivity contribution in [1.82, 2.24) is 10.2 Å². The summed E-state index contributed by atoms with van der Waals surface area (Å²) in [7, 11) is 0. The molecular weight excluding hydrogens is 260 g/mol. The van der Waals surface area contributed by atoms with Crippen molar-refractivity contribution < 1.29 is 4.79 Å². The van der Waals surface area contributed by atoms with Gasteiger partial charge in [-0.1, -0.05) is 49.6 Å². The molecule has 2 atom stereocenters. The minimum absolute atomic E-state index is 0.146. The summed E-state index contributed by atoms with van der Waals surface area (Å²) < 4.78 is 0. The molecule has 2 amide bonds. The van der Waals surface area contributed by atoms with Crippen molar-refractivity contribution in [3.63, 3.8) is 0 Å². The zero-order valence-electron chi connectivity index (χ0n) is 12.9. The predicted octanol–water partition coefficient (Wildman–Crippen LogP) is 3.91. The summed E-state index contributed by atoms with van der Waals surface area (Å²) in [6.45, 7) is 2.91. The molecule has 0 radical (unpaired) electrons. The van der Waals surface area contributed by atoms with Gasteiger partial charge in [0, 0.05) is 24.5 Å². The molecule has 1 N–H and O–H groups in total. The second kappa shape index (κ2) is 6.50. The summed E-state index contributed by atoms with van der Waals surface area (Å²) in [4.78, 5) is 14.6. The highest BCUT2D eigenvalue weighted by Gasteiger charge is 2.40. The van der Waals surface area contributed by atoms with Crippen LogP contribution >= 0.6 is 0 Å². The number of nitrogens with zero attached hydrogens (tertiary/aromatic N) is 1. The van der Waals surface area contributed by atoms with Gasteiger partial charge in [-0.3, -0.25) is 0 Å². The number of rotatable bonds is 4. The molecule has 0 spiro atoms. The van der Waals surface area contributed by atoms with Crippen LogP contribution in [0.2, 0.25) is 0 Å². The van der Waals surface area contributed by atoms with Crippen molar-refractivity contribution in [3.05, 3.63) is 35.9 Å². The molecule has 2 fully saturated rings. The maximum absolute atomic E-state index is 12.5.